The summed E-state index contributed by atoms with van der Waals surface area (Å²) in [5.41, 5.74) is 0. The fourth-order valence-electron chi connectivity index (χ4n) is 1.45. The molecule has 1 saturated carbocycles. The van der Waals surface area contributed by atoms with Gasteiger partial charge in [0.2, 0.25) is 5.91 Å². The first-order valence-electron chi connectivity index (χ1n) is 4.18. The standard InChI is InChI=1S/C8H13NO2/c1-5-7(10)4-9(5)8(11)6-2-3-6/h5-7,10H,2-4H2,1H3/t5-,7+/m1/s1. The Morgan fingerprint density at radius 1 is 1.55 bits per heavy atom. The predicted octanol–water partition coefficient (Wildman–Crippen LogP) is -0.0120. The lowest BCUT2D eigenvalue weighted by atomic mass is 10.0. The van der Waals surface area contributed by atoms with E-state index in [0.29, 0.717) is 12.5 Å². The van der Waals surface area contributed by atoms with E-state index in [-0.39, 0.29) is 18.1 Å². The number of rotatable bonds is 1. The fourth-order valence-corrected chi connectivity index (χ4v) is 1.45. The van der Waals surface area contributed by atoms with Gasteiger partial charge in [0.05, 0.1) is 12.1 Å². The highest BCUT2D eigenvalue weighted by Crippen LogP contribution is 2.34. The van der Waals surface area contributed by atoms with Gasteiger partial charge in [0.25, 0.3) is 0 Å². The second kappa shape index (κ2) is 2.21. The maximum Gasteiger partial charge on any atom is 0.226 e. The zero-order valence-corrected chi connectivity index (χ0v) is 6.66. The van der Waals surface area contributed by atoms with E-state index in [4.69, 9.17) is 5.11 Å². The first-order valence-corrected chi connectivity index (χ1v) is 4.18. The summed E-state index contributed by atoms with van der Waals surface area (Å²) in [5, 5.41) is 9.14. The third kappa shape index (κ3) is 1.03. The topological polar surface area (TPSA) is 40.5 Å². The van der Waals surface area contributed by atoms with Crippen LogP contribution < -0.4 is 0 Å². The van der Waals surface area contributed by atoms with Crippen LogP contribution in [0.5, 0.6) is 0 Å². The van der Waals surface area contributed by atoms with Gasteiger partial charge in [-0.3, -0.25) is 4.79 Å². The summed E-state index contributed by atoms with van der Waals surface area (Å²) in [6.45, 7) is 2.45. The minimum Gasteiger partial charge on any atom is -0.389 e. The molecule has 0 unspecified atom stereocenters. The molecule has 0 spiro atoms. The van der Waals surface area contributed by atoms with Gasteiger partial charge in [0, 0.05) is 12.5 Å². The first kappa shape index (κ1) is 7.10. The lowest BCUT2D eigenvalue weighted by Gasteiger charge is -2.43. The molecule has 2 rings (SSSR count). The molecule has 2 aliphatic rings. The molecule has 1 amide bonds. The third-order valence-electron chi connectivity index (χ3n) is 2.64. The Morgan fingerprint density at radius 3 is 2.55 bits per heavy atom. The van der Waals surface area contributed by atoms with Crippen LogP contribution in [0.3, 0.4) is 0 Å². The highest BCUT2D eigenvalue weighted by atomic mass is 16.3. The van der Waals surface area contributed by atoms with Crippen LogP contribution in [-0.2, 0) is 4.79 Å². The molecular weight excluding hydrogens is 142 g/mol. The Hall–Kier alpha value is -0.570. The lowest BCUT2D eigenvalue weighted by molar-refractivity contribution is -0.150. The molecule has 1 saturated heterocycles. The van der Waals surface area contributed by atoms with E-state index < -0.39 is 0 Å². The predicted molar refractivity (Wildman–Crippen MR) is 39.9 cm³/mol. The van der Waals surface area contributed by atoms with Crippen molar-refractivity contribution in [3.8, 4) is 0 Å². The molecule has 0 aromatic rings. The Kier molecular flexibility index (Phi) is 1.42. The maximum atomic E-state index is 11.4. The second-order valence-electron chi connectivity index (χ2n) is 3.57. The number of aliphatic hydroxyl groups excluding tert-OH is 1. The minimum atomic E-state index is -0.280. The molecule has 1 aliphatic carbocycles. The van der Waals surface area contributed by atoms with E-state index in [9.17, 15) is 4.79 Å². The molecule has 62 valence electrons. The van der Waals surface area contributed by atoms with E-state index in [0.717, 1.165) is 12.8 Å². The van der Waals surface area contributed by atoms with Gasteiger partial charge < -0.3 is 10.0 Å². The van der Waals surface area contributed by atoms with E-state index in [1.54, 1.807) is 4.90 Å². The zero-order valence-electron chi connectivity index (χ0n) is 6.66. The van der Waals surface area contributed by atoms with Gasteiger partial charge in [0.1, 0.15) is 0 Å². The van der Waals surface area contributed by atoms with Crippen LogP contribution >= 0.6 is 0 Å². The normalized spacial score (nSPS) is 36.7. The molecule has 1 aliphatic heterocycles. The molecule has 3 heteroatoms. The van der Waals surface area contributed by atoms with Crippen LogP contribution in [-0.4, -0.2) is 34.6 Å². The molecule has 2 atom stereocenters. The van der Waals surface area contributed by atoms with Gasteiger partial charge in [-0.1, -0.05) is 0 Å². The number of carbonyl (C=O) groups is 1. The number of aliphatic hydroxyl groups is 1. The summed E-state index contributed by atoms with van der Waals surface area (Å²) in [6.07, 6.45) is 1.83. The maximum absolute atomic E-state index is 11.4. The van der Waals surface area contributed by atoms with Gasteiger partial charge >= 0.3 is 0 Å². The SMILES string of the molecule is C[C@@H]1[C@@H](O)CN1C(=O)C1CC1. The molecule has 11 heavy (non-hydrogen) atoms. The highest BCUT2D eigenvalue weighted by molar-refractivity contribution is 5.82. The van der Waals surface area contributed by atoms with E-state index >= 15 is 0 Å². The van der Waals surface area contributed by atoms with Crippen LogP contribution in [0.1, 0.15) is 19.8 Å². The quantitative estimate of drug-likeness (QED) is 0.578. The average Bonchev–Trinajstić information content (AvgIpc) is 2.80. The van der Waals surface area contributed by atoms with Gasteiger partial charge in [-0.25, -0.2) is 0 Å². The fraction of sp³-hybridized carbons (Fsp3) is 0.875. The summed E-state index contributed by atoms with van der Waals surface area (Å²) >= 11 is 0. The van der Waals surface area contributed by atoms with E-state index in [1.807, 2.05) is 6.92 Å². The van der Waals surface area contributed by atoms with Crippen LogP contribution in [0.4, 0.5) is 0 Å². The number of hydrogen-bond acceptors (Lipinski definition) is 2. The van der Waals surface area contributed by atoms with Crippen molar-refractivity contribution in [1.29, 1.82) is 0 Å². The Labute approximate surface area is 66.0 Å². The van der Waals surface area contributed by atoms with Crippen molar-refractivity contribution in [1.82, 2.24) is 4.90 Å². The molecule has 2 fully saturated rings. The van der Waals surface area contributed by atoms with Crippen LogP contribution in [0.25, 0.3) is 0 Å². The van der Waals surface area contributed by atoms with Crippen LogP contribution in [0.2, 0.25) is 0 Å². The number of likely N-dealkylation sites (tertiary alicyclic amines) is 1. The number of carbonyl (C=O) groups excluding carboxylic acids is 1. The Balaban J connectivity index is 1.91. The first-order chi connectivity index (χ1) is 5.20. The molecule has 1 heterocycles. The summed E-state index contributed by atoms with van der Waals surface area (Å²) < 4.78 is 0. The molecule has 3 nitrogen and oxygen atoms in total. The van der Waals surface area contributed by atoms with E-state index in [1.165, 1.54) is 0 Å². The summed E-state index contributed by atoms with van der Waals surface area (Å²) in [7, 11) is 0. The van der Waals surface area contributed by atoms with Gasteiger partial charge in [-0.15, -0.1) is 0 Å². The highest BCUT2D eigenvalue weighted by Gasteiger charge is 2.43. The summed E-state index contributed by atoms with van der Waals surface area (Å²) in [6, 6.07) is 0.0584. The number of amides is 1. The monoisotopic (exact) mass is 155 g/mol. The Morgan fingerprint density at radius 2 is 2.18 bits per heavy atom. The van der Waals surface area contributed by atoms with Gasteiger partial charge in [-0.2, -0.15) is 0 Å². The molecule has 0 aromatic heterocycles. The number of β-amino-alcohol motifs (C(OH)–C–C–N with tert-alkyl or cyclic N) is 1. The zero-order chi connectivity index (χ0) is 8.01. The number of nitrogens with zero attached hydrogens (tertiary/aromatic N) is 1. The molecule has 0 aromatic carbocycles. The molecule has 0 radical (unpaired) electrons. The smallest absolute Gasteiger partial charge is 0.226 e. The van der Waals surface area contributed by atoms with Crippen molar-refractivity contribution in [2.24, 2.45) is 5.92 Å². The minimum absolute atomic E-state index is 0.0584. The molecule has 0 bridgehead atoms. The van der Waals surface area contributed by atoms with Crippen LogP contribution in [0, 0.1) is 5.92 Å². The molecule has 1 N–H and O–H groups in total. The van der Waals surface area contributed by atoms with Crippen molar-refractivity contribution in [2.75, 3.05) is 6.54 Å². The van der Waals surface area contributed by atoms with Crippen molar-refractivity contribution < 1.29 is 9.90 Å². The van der Waals surface area contributed by atoms with Gasteiger partial charge in [-0.05, 0) is 19.8 Å². The van der Waals surface area contributed by atoms with Crippen molar-refractivity contribution in [2.45, 2.75) is 31.9 Å². The van der Waals surface area contributed by atoms with Crippen molar-refractivity contribution in [3.63, 3.8) is 0 Å². The average molecular weight is 155 g/mol. The number of hydrogen-bond donors (Lipinski definition) is 1. The Bertz CT molecular complexity index is 189. The third-order valence-corrected chi connectivity index (χ3v) is 2.64. The molecular formula is C8H13NO2. The van der Waals surface area contributed by atoms with Crippen molar-refractivity contribution in [3.05, 3.63) is 0 Å². The largest absolute Gasteiger partial charge is 0.389 e. The van der Waals surface area contributed by atoms with E-state index in [2.05, 4.69) is 0 Å². The van der Waals surface area contributed by atoms with Crippen LogP contribution in [0.15, 0.2) is 0 Å². The summed E-state index contributed by atoms with van der Waals surface area (Å²) in [5.74, 6) is 0.549. The summed E-state index contributed by atoms with van der Waals surface area (Å²) in [4.78, 5) is 13.1. The second-order valence-corrected chi connectivity index (χ2v) is 3.57. The van der Waals surface area contributed by atoms with Gasteiger partial charge in [0.15, 0.2) is 0 Å². The lowest BCUT2D eigenvalue weighted by Crippen LogP contribution is -2.61. The van der Waals surface area contributed by atoms with Crippen molar-refractivity contribution >= 4 is 5.91 Å².